The Morgan fingerprint density at radius 3 is 2.42 bits per heavy atom. The van der Waals surface area contributed by atoms with Gasteiger partial charge in [0.2, 0.25) is 10.0 Å². The van der Waals surface area contributed by atoms with Gasteiger partial charge in [-0.3, -0.25) is 4.79 Å². The molecule has 0 unspecified atom stereocenters. The highest BCUT2D eigenvalue weighted by atomic mass is 32.2. The molecule has 10 heteroatoms. The van der Waals surface area contributed by atoms with E-state index in [-0.39, 0.29) is 11.7 Å². The number of sulfonamides is 1. The van der Waals surface area contributed by atoms with Gasteiger partial charge in [-0.15, -0.1) is 0 Å². The zero-order chi connectivity index (χ0) is 19.5. The SMILES string of the molecule is CCOC(=O)c1ccc(NC(=O)c2sc(N(C)S(C)(=O)=O)nc2C)cc1. The molecule has 0 spiro atoms. The summed E-state index contributed by atoms with van der Waals surface area (Å²) in [4.78, 5) is 28.5. The molecule has 0 bridgehead atoms. The number of nitrogens with one attached hydrogen (secondary N) is 1. The molecule has 1 aromatic heterocycles. The van der Waals surface area contributed by atoms with Crippen LogP contribution in [0.4, 0.5) is 10.8 Å². The number of hydrogen-bond acceptors (Lipinski definition) is 7. The summed E-state index contributed by atoms with van der Waals surface area (Å²) in [7, 11) is -2.08. The van der Waals surface area contributed by atoms with E-state index in [1.165, 1.54) is 7.05 Å². The van der Waals surface area contributed by atoms with Gasteiger partial charge in [0.1, 0.15) is 4.88 Å². The molecule has 1 heterocycles. The van der Waals surface area contributed by atoms with Crippen molar-refractivity contribution in [3.8, 4) is 0 Å². The zero-order valence-electron chi connectivity index (χ0n) is 14.8. The van der Waals surface area contributed by atoms with E-state index in [1.807, 2.05) is 0 Å². The predicted octanol–water partition coefficient (Wildman–Crippen LogP) is 2.28. The van der Waals surface area contributed by atoms with Crippen LogP contribution < -0.4 is 9.62 Å². The minimum absolute atomic E-state index is 0.216. The molecule has 0 atom stereocenters. The molecule has 8 nitrogen and oxygen atoms in total. The number of thiazole rings is 1. The maximum absolute atomic E-state index is 12.4. The van der Waals surface area contributed by atoms with Crippen LogP contribution in [0.2, 0.25) is 0 Å². The molecule has 0 aliphatic heterocycles. The highest BCUT2D eigenvalue weighted by molar-refractivity contribution is 7.92. The fourth-order valence-corrected chi connectivity index (χ4v) is 3.63. The second kappa shape index (κ2) is 7.83. The number of aromatic nitrogens is 1. The highest BCUT2D eigenvalue weighted by Crippen LogP contribution is 2.27. The lowest BCUT2D eigenvalue weighted by Gasteiger charge is -2.11. The summed E-state index contributed by atoms with van der Waals surface area (Å²) in [5.41, 5.74) is 1.31. The van der Waals surface area contributed by atoms with E-state index in [0.29, 0.717) is 21.8 Å². The summed E-state index contributed by atoms with van der Waals surface area (Å²) in [5.74, 6) is -0.839. The summed E-state index contributed by atoms with van der Waals surface area (Å²) in [6.07, 6.45) is 1.06. The number of carbonyl (C=O) groups is 2. The van der Waals surface area contributed by atoms with Crippen LogP contribution >= 0.6 is 11.3 Å². The average Bonchev–Trinajstić information content (AvgIpc) is 2.96. The lowest BCUT2D eigenvalue weighted by atomic mass is 10.2. The molecule has 0 aliphatic rings. The number of aryl methyl sites for hydroxylation is 1. The Morgan fingerprint density at radius 1 is 1.27 bits per heavy atom. The van der Waals surface area contributed by atoms with Gasteiger partial charge in [-0.2, -0.15) is 0 Å². The minimum atomic E-state index is -3.46. The number of amides is 1. The number of esters is 1. The summed E-state index contributed by atoms with van der Waals surface area (Å²) in [6.45, 7) is 3.64. The van der Waals surface area contributed by atoms with Gasteiger partial charge in [0.05, 0.1) is 24.1 Å². The third-order valence-electron chi connectivity index (χ3n) is 3.41. The van der Waals surface area contributed by atoms with Crippen LogP contribution in [-0.4, -0.2) is 45.2 Å². The molecule has 0 saturated carbocycles. The van der Waals surface area contributed by atoms with Crippen molar-refractivity contribution in [1.29, 1.82) is 0 Å². The van der Waals surface area contributed by atoms with Crippen LogP contribution in [0, 0.1) is 6.92 Å². The number of benzene rings is 1. The Morgan fingerprint density at radius 2 is 1.88 bits per heavy atom. The van der Waals surface area contributed by atoms with Crippen LogP contribution in [0.3, 0.4) is 0 Å². The van der Waals surface area contributed by atoms with E-state index < -0.39 is 21.9 Å². The van der Waals surface area contributed by atoms with E-state index in [0.717, 1.165) is 21.9 Å². The van der Waals surface area contributed by atoms with Crippen LogP contribution in [0.5, 0.6) is 0 Å². The van der Waals surface area contributed by atoms with E-state index in [4.69, 9.17) is 4.74 Å². The van der Waals surface area contributed by atoms with Crippen molar-refractivity contribution in [3.63, 3.8) is 0 Å². The minimum Gasteiger partial charge on any atom is -0.462 e. The van der Waals surface area contributed by atoms with Gasteiger partial charge >= 0.3 is 5.97 Å². The first kappa shape index (κ1) is 19.9. The van der Waals surface area contributed by atoms with Crippen LogP contribution in [0.1, 0.15) is 32.6 Å². The number of nitrogens with zero attached hydrogens (tertiary/aromatic N) is 2. The first-order valence-electron chi connectivity index (χ1n) is 7.63. The molecule has 1 N–H and O–H groups in total. The third kappa shape index (κ3) is 4.58. The van der Waals surface area contributed by atoms with E-state index >= 15 is 0 Å². The van der Waals surface area contributed by atoms with Crippen LogP contribution in [0.15, 0.2) is 24.3 Å². The molecule has 2 aromatic rings. The highest BCUT2D eigenvalue weighted by Gasteiger charge is 2.21. The lowest BCUT2D eigenvalue weighted by molar-refractivity contribution is 0.0526. The maximum Gasteiger partial charge on any atom is 0.338 e. The van der Waals surface area contributed by atoms with Gasteiger partial charge in [-0.05, 0) is 38.1 Å². The topological polar surface area (TPSA) is 106 Å². The summed E-state index contributed by atoms with van der Waals surface area (Å²) in [6, 6.07) is 6.28. The number of anilines is 2. The molecular formula is C16H19N3O5S2. The molecule has 1 amide bonds. The average molecular weight is 397 g/mol. The number of carbonyl (C=O) groups excluding carboxylic acids is 2. The molecule has 140 valence electrons. The van der Waals surface area contributed by atoms with E-state index in [1.54, 1.807) is 38.1 Å². The Kier molecular flexibility index (Phi) is 5.98. The third-order valence-corrected chi connectivity index (χ3v) is 5.93. The van der Waals surface area contributed by atoms with Crippen LogP contribution in [-0.2, 0) is 14.8 Å². The van der Waals surface area contributed by atoms with Gasteiger partial charge in [-0.25, -0.2) is 22.5 Å². The Bertz CT molecular complexity index is 920. The van der Waals surface area contributed by atoms with Gasteiger partial charge in [0.25, 0.3) is 5.91 Å². The van der Waals surface area contributed by atoms with Crippen molar-refractivity contribution in [2.45, 2.75) is 13.8 Å². The molecule has 0 aliphatic carbocycles. The van der Waals surface area contributed by atoms with Crippen molar-refractivity contribution < 1.29 is 22.7 Å². The second-order valence-electron chi connectivity index (χ2n) is 5.39. The van der Waals surface area contributed by atoms with Crippen molar-refractivity contribution in [2.75, 3.05) is 29.5 Å². The van der Waals surface area contributed by atoms with Crippen molar-refractivity contribution >= 4 is 44.1 Å². The molecule has 0 saturated heterocycles. The van der Waals surface area contributed by atoms with E-state index in [9.17, 15) is 18.0 Å². The Labute approximate surface area is 155 Å². The molecule has 2 rings (SSSR count). The lowest BCUT2D eigenvalue weighted by Crippen LogP contribution is -2.24. The molecule has 26 heavy (non-hydrogen) atoms. The van der Waals surface area contributed by atoms with Gasteiger partial charge in [0.15, 0.2) is 5.13 Å². The van der Waals surface area contributed by atoms with Gasteiger partial charge in [-0.1, -0.05) is 11.3 Å². The largest absolute Gasteiger partial charge is 0.462 e. The first-order chi connectivity index (χ1) is 12.1. The maximum atomic E-state index is 12.4. The number of ether oxygens (including phenoxy) is 1. The normalized spacial score (nSPS) is 11.1. The summed E-state index contributed by atoms with van der Waals surface area (Å²) in [5, 5.41) is 2.92. The molecular weight excluding hydrogens is 378 g/mol. The molecule has 0 fully saturated rings. The van der Waals surface area contributed by atoms with Gasteiger partial charge < -0.3 is 10.1 Å². The molecule has 0 radical (unpaired) electrons. The fraction of sp³-hybridized carbons (Fsp3) is 0.312. The smallest absolute Gasteiger partial charge is 0.338 e. The summed E-state index contributed by atoms with van der Waals surface area (Å²) < 4.78 is 29.1. The van der Waals surface area contributed by atoms with Crippen molar-refractivity contribution in [2.24, 2.45) is 0 Å². The first-order valence-corrected chi connectivity index (χ1v) is 10.3. The predicted molar refractivity (Wildman–Crippen MR) is 100 cm³/mol. The number of rotatable bonds is 6. The van der Waals surface area contributed by atoms with Gasteiger partial charge in [0, 0.05) is 12.7 Å². The standard InChI is InChI=1S/C16H19N3O5S2/c1-5-24-15(21)11-6-8-12(9-7-11)18-14(20)13-10(2)17-16(25-13)19(3)26(4,22)23/h6-9H,5H2,1-4H3,(H,18,20). The second-order valence-corrected chi connectivity index (χ2v) is 8.38. The molecule has 1 aromatic carbocycles. The van der Waals surface area contributed by atoms with Crippen molar-refractivity contribution in [1.82, 2.24) is 4.98 Å². The van der Waals surface area contributed by atoms with Crippen molar-refractivity contribution in [3.05, 3.63) is 40.4 Å². The van der Waals surface area contributed by atoms with Crippen LogP contribution in [0.25, 0.3) is 0 Å². The zero-order valence-corrected chi connectivity index (χ0v) is 16.4. The quantitative estimate of drug-likeness (QED) is 0.750. The van der Waals surface area contributed by atoms with E-state index in [2.05, 4.69) is 10.3 Å². The fourth-order valence-electron chi connectivity index (χ4n) is 1.96. The number of hydrogen-bond donors (Lipinski definition) is 1. The Balaban J connectivity index is 2.15. The monoisotopic (exact) mass is 397 g/mol. The Hall–Kier alpha value is -2.46. The summed E-state index contributed by atoms with van der Waals surface area (Å²) >= 11 is 0.986.